The minimum Gasteiger partial charge on any atom is -0.377 e. The Labute approximate surface area is 107 Å². The molecule has 1 aliphatic rings. The summed E-state index contributed by atoms with van der Waals surface area (Å²) in [7, 11) is -0.764. The second-order valence-electron chi connectivity index (χ2n) is 5.44. The van der Waals surface area contributed by atoms with Gasteiger partial charge in [0.05, 0.1) is 22.8 Å². The van der Waals surface area contributed by atoms with Crippen LogP contribution < -0.4 is 0 Å². The lowest BCUT2D eigenvalue weighted by Crippen LogP contribution is -2.25. The van der Waals surface area contributed by atoms with Gasteiger partial charge < -0.3 is 4.74 Å². The highest BCUT2D eigenvalue weighted by atomic mass is 32.2. The van der Waals surface area contributed by atoms with Crippen molar-refractivity contribution in [2.75, 3.05) is 12.4 Å². The topological polar surface area (TPSA) is 50.1 Å². The highest BCUT2D eigenvalue weighted by molar-refractivity contribution is 7.85. The molecule has 4 heteroatoms. The summed E-state index contributed by atoms with van der Waals surface area (Å²) in [5.41, 5.74) is -0.245. The number of ether oxygens (including phenoxy) is 1. The quantitative estimate of drug-likeness (QED) is 0.687. The van der Waals surface area contributed by atoms with Crippen LogP contribution >= 0.6 is 0 Å². The van der Waals surface area contributed by atoms with E-state index in [2.05, 4.69) is 6.07 Å². The second-order valence-corrected chi connectivity index (χ2v) is 7.22. The van der Waals surface area contributed by atoms with Crippen molar-refractivity contribution in [3.8, 4) is 6.07 Å². The van der Waals surface area contributed by atoms with Gasteiger partial charge >= 0.3 is 0 Å². The van der Waals surface area contributed by atoms with Crippen molar-refractivity contribution in [3.63, 3.8) is 0 Å². The average Bonchev–Trinajstić information content (AvgIpc) is 2.71. The zero-order valence-corrected chi connectivity index (χ0v) is 11.9. The zero-order valence-electron chi connectivity index (χ0n) is 11.1. The number of hydrogen-bond acceptors (Lipinski definition) is 3. The highest BCUT2D eigenvalue weighted by Crippen LogP contribution is 2.23. The fraction of sp³-hybridized carbons (Fsp3) is 0.923. The molecular weight excluding hydrogens is 234 g/mol. The Morgan fingerprint density at radius 2 is 2.18 bits per heavy atom. The fourth-order valence-corrected chi connectivity index (χ4v) is 3.73. The lowest BCUT2D eigenvalue weighted by atomic mass is 9.89. The van der Waals surface area contributed by atoms with E-state index >= 15 is 0 Å². The van der Waals surface area contributed by atoms with Crippen molar-refractivity contribution in [1.82, 2.24) is 0 Å². The predicted molar refractivity (Wildman–Crippen MR) is 70.1 cm³/mol. The maximum Gasteiger partial charge on any atom is 0.0691 e. The number of rotatable bonds is 6. The average molecular weight is 257 g/mol. The van der Waals surface area contributed by atoms with Crippen LogP contribution in [0.15, 0.2) is 0 Å². The molecule has 1 saturated heterocycles. The molecule has 0 saturated carbocycles. The molecule has 0 bridgehead atoms. The van der Waals surface area contributed by atoms with Gasteiger partial charge in [-0.25, -0.2) is 0 Å². The van der Waals surface area contributed by atoms with Crippen molar-refractivity contribution >= 4 is 10.8 Å². The van der Waals surface area contributed by atoms with E-state index < -0.39 is 10.8 Å². The first-order valence-corrected chi connectivity index (χ1v) is 7.74. The molecular formula is C13H23NO2S. The van der Waals surface area contributed by atoms with Gasteiger partial charge in [-0.3, -0.25) is 4.21 Å². The first-order valence-electron chi connectivity index (χ1n) is 6.36. The van der Waals surface area contributed by atoms with Crippen LogP contribution in [0.25, 0.3) is 0 Å². The zero-order chi connectivity index (χ0) is 12.9. The minimum atomic E-state index is -0.764. The number of nitriles is 1. The van der Waals surface area contributed by atoms with E-state index in [0.717, 1.165) is 38.0 Å². The molecule has 3 nitrogen and oxygen atoms in total. The molecule has 1 aliphatic heterocycles. The van der Waals surface area contributed by atoms with Crippen molar-refractivity contribution < 1.29 is 8.95 Å². The normalized spacial score (nSPS) is 26.7. The van der Waals surface area contributed by atoms with Crippen LogP contribution in [-0.2, 0) is 15.5 Å². The van der Waals surface area contributed by atoms with Crippen LogP contribution in [-0.4, -0.2) is 27.9 Å². The highest BCUT2D eigenvalue weighted by Gasteiger charge is 2.29. The standard InChI is InChI=1S/C13H23NO2S/c1-11-12(6-8-16-11)17(15)9-5-4-7-13(2,3)10-14/h11-12H,4-9H2,1-3H3. The molecule has 0 aliphatic carbocycles. The second kappa shape index (κ2) is 6.51. The first kappa shape index (κ1) is 14.7. The van der Waals surface area contributed by atoms with Crippen molar-refractivity contribution in [2.45, 2.75) is 57.8 Å². The van der Waals surface area contributed by atoms with Crippen LogP contribution in [0, 0.1) is 16.7 Å². The minimum absolute atomic E-state index is 0.145. The van der Waals surface area contributed by atoms with E-state index in [1.807, 2.05) is 20.8 Å². The first-order chi connectivity index (χ1) is 7.96. The molecule has 98 valence electrons. The Morgan fingerprint density at radius 3 is 2.71 bits per heavy atom. The van der Waals surface area contributed by atoms with Crippen LogP contribution in [0.2, 0.25) is 0 Å². The van der Waals surface area contributed by atoms with E-state index in [-0.39, 0.29) is 16.8 Å². The van der Waals surface area contributed by atoms with Crippen molar-refractivity contribution in [1.29, 1.82) is 5.26 Å². The maximum absolute atomic E-state index is 12.0. The van der Waals surface area contributed by atoms with E-state index in [1.54, 1.807) is 0 Å². The Kier molecular flexibility index (Phi) is 5.61. The van der Waals surface area contributed by atoms with Crippen LogP contribution in [0.3, 0.4) is 0 Å². The molecule has 17 heavy (non-hydrogen) atoms. The predicted octanol–water partition coefficient (Wildman–Crippen LogP) is 2.63. The van der Waals surface area contributed by atoms with E-state index in [0.29, 0.717) is 0 Å². The van der Waals surface area contributed by atoms with E-state index in [9.17, 15) is 4.21 Å². The summed E-state index contributed by atoms with van der Waals surface area (Å²) in [6.45, 7) is 6.67. The Hall–Kier alpha value is -0.400. The Bertz CT molecular complexity index is 309. The SMILES string of the molecule is CC1OCCC1S(=O)CCCCC(C)(C)C#N. The number of unbranched alkanes of at least 4 members (excludes halogenated alkanes) is 1. The lowest BCUT2D eigenvalue weighted by Gasteiger charge is -2.16. The molecule has 3 atom stereocenters. The molecule has 0 aromatic heterocycles. The Morgan fingerprint density at radius 1 is 1.47 bits per heavy atom. The molecule has 1 heterocycles. The summed E-state index contributed by atoms with van der Waals surface area (Å²) in [6, 6.07) is 2.30. The van der Waals surface area contributed by atoms with Crippen LogP contribution in [0.1, 0.15) is 46.5 Å². The Balaban J connectivity index is 2.19. The van der Waals surface area contributed by atoms with E-state index in [4.69, 9.17) is 10.00 Å². The summed E-state index contributed by atoms with van der Waals surface area (Å²) >= 11 is 0. The van der Waals surface area contributed by atoms with Gasteiger partial charge in [0.1, 0.15) is 0 Å². The van der Waals surface area contributed by atoms with Gasteiger partial charge in [-0.1, -0.05) is 6.42 Å². The summed E-state index contributed by atoms with van der Waals surface area (Å²) in [6.07, 6.45) is 3.88. The molecule has 1 fully saturated rings. The van der Waals surface area contributed by atoms with Gasteiger partial charge in [0.25, 0.3) is 0 Å². The van der Waals surface area contributed by atoms with Crippen molar-refractivity contribution in [2.24, 2.45) is 5.41 Å². The van der Waals surface area contributed by atoms with Gasteiger partial charge in [-0.2, -0.15) is 5.26 Å². The molecule has 3 unspecified atom stereocenters. The van der Waals surface area contributed by atoms with E-state index in [1.165, 1.54) is 0 Å². The summed E-state index contributed by atoms with van der Waals surface area (Å²) < 4.78 is 17.4. The number of hydrogen-bond donors (Lipinski definition) is 0. The molecule has 1 rings (SSSR count). The lowest BCUT2D eigenvalue weighted by molar-refractivity contribution is 0.127. The van der Waals surface area contributed by atoms with Crippen LogP contribution in [0.5, 0.6) is 0 Å². The third-order valence-corrected chi connectivity index (χ3v) is 5.33. The largest absolute Gasteiger partial charge is 0.377 e. The third kappa shape index (κ3) is 4.77. The van der Waals surface area contributed by atoms with Gasteiger partial charge in [0.15, 0.2) is 0 Å². The maximum atomic E-state index is 12.0. The summed E-state index contributed by atoms with van der Waals surface area (Å²) in [5, 5.41) is 9.10. The molecule has 0 spiro atoms. The molecule has 0 aromatic rings. The van der Waals surface area contributed by atoms with Gasteiger partial charge in [0, 0.05) is 23.2 Å². The smallest absolute Gasteiger partial charge is 0.0691 e. The van der Waals surface area contributed by atoms with Gasteiger partial charge in [-0.05, 0) is 40.0 Å². The molecule has 0 N–H and O–H groups in total. The molecule has 0 amide bonds. The van der Waals surface area contributed by atoms with Gasteiger partial charge in [-0.15, -0.1) is 0 Å². The van der Waals surface area contributed by atoms with Crippen LogP contribution in [0.4, 0.5) is 0 Å². The third-order valence-electron chi connectivity index (χ3n) is 3.34. The summed E-state index contributed by atoms with van der Waals surface area (Å²) in [5.74, 6) is 0.750. The fourth-order valence-electron chi connectivity index (χ4n) is 2.08. The molecule has 0 aromatic carbocycles. The molecule has 0 radical (unpaired) electrons. The summed E-state index contributed by atoms with van der Waals surface area (Å²) in [4.78, 5) is 0. The van der Waals surface area contributed by atoms with Gasteiger partial charge in [0.2, 0.25) is 0 Å². The van der Waals surface area contributed by atoms with Crippen molar-refractivity contribution in [3.05, 3.63) is 0 Å². The number of nitrogens with zero attached hydrogens (tertiary/aromatic N) is 1. The monoisotopic (exact) mass is 257 g/mol.